The highest BCUT2D eigenvalue weighted by atomic mass is 15.1. The van der Waals surface area contributed by atoms with Crippen LogP contribution in [0.4, 0.5) is 5.69 Å². The summed E-state index contributed by atoms with van der Waals surface area (Å²) >= 11 is 0. The van der Waals surface area contributed by atoms with Gasteiger partial charge in [-0.15, -0.1) is 0 Å². The summed E-state index contributed by atoms with van der Waals surface area (Å²) in [6.45, 7) is 5.10. The number of hydrogen-bond donors (Lipinski definition) is 1. The normalized spacial score (nSPS) is 10.5. The van der Waals surface area contributed by atoms with Crippen LogP contribution >= 0.6 is 0 Å². The lowest BCUT2D eigenvalue weighted by molar-refractivity contribution is 0.643. The Labute approximate surface area is 121 Å². The predicted octanol–water partition coefficient (Wildman–Crippen LogP) is 3.01. The number of pyridine rings is 1. The van der Waals surface area contributed by atoms with Crippen LogP contribution in [0.15, 0.2) is 48.8 Å². The Bertz CT molecular complexity index is 511. The summed E-state index contributed by atoms with van der Waals surface area (Å²) in [6.07, 6.45) is 4.91. The molecular formula is C17H23N3. The van der Waals surface area contributed by atoms with Gasteiger partial charge < -0.3 is 10.2 Å². The van der Waals surface area contributed by atoms with Crippen molar-refractivity contribution in [2.45, 2.75) is 19.9 Å². The van der Waals surface area contributed by atoms with Gasteiger partial charge >= 0.3 is 0 Å². The van der Waals surface area contributed by atoms with Crippen molar-refractivity contribution in [1.29, 1.82) is 0 Å². The van der Waals surface area contributed by atoms with Crippen LogP contribution in [-0.2, 0) is 6.54 Å². The summed E-state index contributed by atoms with van der Waals surface area (Å²) in [5, 5.41) is 3.48. The Morgan fingerprint density at radius 3 is 2.70 bits per heavy atom. The highest BCUT2D eigenvalue weighted by Gasteiger charge is 2.00. The van der Waals surface area contributed by atoms with E-state index >= 15 is 0 Å². The maximum Gasteiger partial charge on any atom is 0.0363 e. The molecule has 0 spiro atoms. The number of nitrogens with one attached hydrogen (secondary N) is 1. The van der Waals surface area contributed by atoms with E-state index < -0.39 is 0 Å². The van der Waals surface area contributed by atoms with Crippen LogP contribution in [0.5, 0.6) is 0 Å². The second kappa shape index (κ2) is 7.65. The van der Waals surface area contributed by atoms with E-state index in [1.54, 1.807) is 0 Å². The van der Waals surface area contributed by atoms with Gasteiger partial charge in [0.2, 0.25) is 0 Å². The van der Waals surface area contributed by atoms with Crippen molar-refractivity contribution in [3.8, 4) is 0 Å². The zero-order chi connectivity index (χ0) is 14.2. The van der Waals surface area contributed by atoms with Crippen LogP contribution < -0.4 is 10.2 Å². The Kier molecular flexibility index (Phi) is 5.56. The van der Waals surface area contributed by atoms with Gasteiger partial charge in [0, 0.05) is 38.2 Å². The van der Waals surface area contributed by atoms with E-state index in [-0.39, 0.29) is 0 Å². The molecule has 0 aliphatic rings. The summed E-state index contributed by atoms with van der Waals surface area (Å²) in [4.78, 5) is 6.45. The first-order valence-corrected chi connectivity index (χ1v) is 7.14. The predicted molar refractivity (Wildman–Crippen MR) is 85.0 cm³/mol. The molecule has 0 atom stereocenters. The quantitative estimate of drug-likeness (QED) is 0.783. The van der Waals surface area contributed by atoms with E-state index in [1.807, 2.05) is 12.4 Å². The number of nitrogens with zero attached hydrogens (tertiary/aromatic N) is 2. The molecule has 0 radical (unpaired) electrons. The van der Waals surface area contributed by atoms with Crippen molar-refractivity contribution in [3.63, 3.8) is 0 Å². The fourth-order valence-corrected chi connectivity index (χ4v) is 2.16. The summed E-state index contributed by atoms with van der Waals surface area (Å²) in [5.41, 5.74) is 3.86. The monoisotopic (exact) mass is 269 g/mol. The molecule has 0 aliphatic carbocycles. The van der Waals surface area contributed by atoms with Gasteiger partial charge in [0.1, 0.15) is 0 Å². The van der Waals surface area contributed by atoms with Gasteiger partial charge in [-0.05, 0) is 49.2 Å². The van der Waals surface area contributed by atoms with Crippen molar-refractivity contribution in [2.24, 2.45) is 0 Å². The first-order valence-electron chi connectivity index (χ1n) is 7.14. The molecule has 3 nitrogen and oxygen atoms in total. The van der Waals surface area contributed by atoms with E-state index in [2.05, 4.69) is 65.6 Å². The average Bonchev–Trinajstić information content (AvgIpc) is 2.49. The Morgan fingerprint density at radius 1 is 1.15 bits per heavy atom. The third-order valence-electron chi connectivity index (χ3n) is 3.51. The second-order valence-electron chi connectivity index (χ2n) is 5.09. The van der Waals surface area contributed by atoms with E-state index in [4.69, 9.17) is 0 Å². The number of aromatic nitrogens is 1. The van der Waals surface area contributed by atoms with Gasteiger partial charge in [-0.3, -0.25) is 4.98 Å². The van der Waals surface area contributed by atoms with Gasteiger partial charge in [0.05, 0.1) is 0 Å². The van der Waals surface area contributed by atoms with Crippen molar-refractivity contribution in [3.05, 3.63) is 59.9 Å². The first-order chi connectivity index (χ1) is 9.77. The van der Waals surface area contributed by atoms with Crippen LogP contribution in [0.2, 0.25) is 0 Å². The fraction of sp³-hybridized carbons (Fsp3) is 0.353. The lowest BCUT2D eigenvalue weighted by atomic mass is 10.1. The van der Waals surface area contributed by atoms with Crippen molar-refractivity contribution in [1.82, 2.24) is 10.3 Å². The minimum absolute atomic E-state index is 0.898. The van der Waals surface area contributed by atoms with Gasteiger partial charge in [-0.25, -0.2) is 0 Å². The standard InChI is InChI=1S/C17H23N3/c1-15-9-11-19-14-16(15)13-18-10-6-12-20(2)17-7-4-3-5-8-17/h3-5,7-9,11,14,18H,6,10,12-13H2,1-2H3. The van der Waals surface area contributed by atoms with Gasteiger partial charge in [-0.2, -0.15) is 0 Å². The second-order valence-corrected chi connectivity index (χ2v) is 5.09. The molecule has 0 aliphatic heterocycles. The summed E-state index contributed by atoms with van der Waals surface area (Å²) in [7, 11) is 2.14. The summed E-state index contributed by atoms with van der Waals surface area (Å²) in [6, 6.07) is 12.6. The Morgan fingerprint density at radius 2 is 1.95 bits per heavy atom. The maximum absolute atomic E-state index is 4.16. The topological polar surface area (TPSA) is 28.2 Å². The number of para-hydroxylation sites is 1. The van der Waals surface area contributed by atoms with Crippen LogP contribution in [-0.4, -0.2) is 25.1 Å². The molecule has 0 amide bonds. The van der Waals surface area contributed by atoms with Crippen molar-refractivity contribution < 1.29 is 0 Å². The molecule has 106 valence electrons. The number of benzene rings is 1. The summed E-state index contributed by atoms with van der Waals surface area (Å²) < 4.78 is 0. The summed E-state index contributed by atoms with van der Waals surface area (Å²) in [5.74, 6) is 0. The number of anilines is 1. The molecule has 0 fully saturated rings. The molecule has 1 aromatic heterocycles. The molecule has 1 N–H and O–H groups in total. The largest absolute Gasteiger partial charge is 0.375 e. The number of aryl methyl sites for hydroxylation is 1. The SMILES string of the molecule is Cc1ccncc1CNCCCN(C)c1ccccc1. The molecule has 1 aromatic carbocycles. The molecule has 0 saturated carbocycles. The zero-order valence-electron chi connectivity index (χ0n) is 12.3. The minimum atomic E-state index is 0.898. The molecule has 2 aromatic rings. The van der Waals surface area contributed by atoms with E-state index in [0.717, 1.165) is 26.1 Å². The van der Waals surface area contributed by atoms with E-state index in [0.29, 0.717) is 0 Å². The maximum atomic E-state index is 4.16. The Hall–Kier alpha value is -1.87. The van der Waals surface area contributed by atoms with Crippen LogP contribution in [0.1, 0.15) is 17.5 Å². The van der Waals surface area contributed by atoms with Gasteiger partial charge in [0.25, 0.3) is 0 Å². The van der Waals surface area contributed by atoms with Crippen LogP contribution in [0, 0.1) is 6.92 Å². The molecule has 2 rings (SSSR count). The van der Waals surface area contributed by atoms with Crippen molar-refractivity contribution in [2.75, 3.05) is 25.0 Å². The van der Waals surface area contributed by atoms with E-state index in [1.165, 1.54) is 16.8 Å². The molecule has 0 bridgehead atoms. The number of hydrogen-bond acceptors (Lipinski definition) is 3. The molecule has 20 heavy (non-hydrogen) atoms. The lowest BCUT2D eigenvalue weighted by Gasteiger charge is -2.19. The average molecular weight is 269 g/mol. The van der Waals surface area contributed by atoms with Gasteiger partial charge in [0.15, 0.2) is 0 Å². The third-order valence-corrected chi connectivity index (χ3v) is 3.51. The molecule has 0 saturated heterocycles. The van der Waals surface area contributed by atoms with Crippen LogP contribution in [0.3, 0.4) is 0 Å². The third kappa shape index (κ3) is 4.35. The first kappa shape index (κ1) is 14.5. The van der Waals surface area contributed by atoms with Crippen LogP contribution in [0.25, 0.3) is 0 Å². The fourth-order valence-electron chi connectivity index (χ4n) is 2.16. The zero-order valence-corrected chi connectivity index (χ0v) is 12.3. The molecular weight excluding hydrogens is 246 g/mol. The highest BCUT2D eigenvalue weighted by Crippen LogP contribution is 2.10. The van der Waals surface area contributed by atoms with Crippen molar-refractivity contribution >= 4 is 5.69 Å². The van der Waals surface area contributed by atoms with E-state index in [9.17, 15) is 0 Å². The lowest BCUT2D eigenvalue weighted by Crippen LogP contribution is -2.23. The molecule has 0 unspecified atom stereocenters. The highest BCUT2D eigenvalue weighted by molar-refractivity contribution is 5.44. The smallest absolute Gasteiger partial charge is 0.0363 e. The molecule has 1 heterocycles. The molecule has 3 heteroatoms. The minimum Gasteiger partial charge on any atom is -0.375 e. The number of rotatable bonds is 7. The van der Waals surface area contributed by atoms with Gasteiger partial charge in [-0.1, -0.05) is 18.2 Å². The Balaban J connectivity index is 1.66.